The molecule has 1 rings (SSSR count). The van der Waals surface area contributed by atoms with E-state index in [-0.39, 0.29) is 0 Å². The van der Waals surface area contributed by atoms with Gasteiger partial charge in [0.05, 0.1) is 0 Å². The predicted octanol–water partition coefficient (Wildman–Crippen LogP) is 3.11. The van der Waals surface area contributed by atoms with Crippen molar-refractivity contribution in [2.24, 2.45) is 17.6 Å². The fourth-order valence-electron chi connectivity index (χ4n) is 1.94. The third kappa shape index (κ3) is 4.78. The number of hydrogen-bond acceptors (Lipinski definition) is 2. The van der Waals surface area contributed by atoms with Crippen LogP contribution in [0.15, 0.2) is 28.7 Å². The summed E-state index contributed by atoms with van der Waals surface area (Å²) in [7, 11) is 2.16. The lowest BCUT2D eigenvalue weighted by atomic mass is 9.95. The number of nitrogens with zero attached hydrogens (tertiary/aromatic N) is 1. The van der Waals surface area contributed by atoms with Crippen molar-refractivity contribution in [2.45, 2.75) is 20.4 Å². The summed E-state index contributed by atoms with van der Waals surface area (Å²) >= 11 is 3.59. The predicted molar refractivity (Wildman–Crippen MR) is 77.9 cm³/mol. The second-order valence-electron chi connectivity index (χ2n) is 5.03. The quantitative estimate of drug-likeness (QED) is 0.874. The fourth-order valence-corrected chi connectivity index (χ4v) is 2.35. The van der Waals surface area contributed by atoms with Crippen molar-refractivity contribution in [2.75, 3.05) is 20.1 Å². The maximum Gasteiger partial charge on any atom is 0.0242 e. The fraction of sp³-hybridized carbons (Fsp3) is 0.571. The van der Waals surface area contributed by atoms with Gasteiger partial charge in [-0.2, -0.15) is 0 Å². The molecule has 0 saturated carbocycles. The van der Waals surface area contributed by atoms with Crippen molar-refractivity contribution in [1.29, 1.82) is 0 Å². The standard InChI is InChI=1S/C14H23BrN2/c1-11(2)13(8-16)10-17(3)9-12-6-4-5-7-14(12)15/h4-7,11,13H,8-10,16H2,1-3H3. The third-order valence-electron chi connectivity index (χ3n) is 3.19. The largest absolute Gasteiger partial charge is 0.330 e. The molecule has 1 aromatic rings. The van der Waals surface area contributed by atoms with Crippen LogP contribution in [0.25, 0.3) is 0 Å². The third-order valence-corrected chi connectivity index (χ3v) is 3.96. The van der Waals surface area contributed by atoms with E-state index in [1.54, 1.807) is 0 Å². The molecule has 0 amide bonds. The molecule has 1 atom stereocenters. The van der Waals surface area contributed by atoms with Gasteiger partial charge in [0, 0.05) is 17.6 Å². The Morgan fingerprint density at radius 1 is 1.29 bits per heavy atom. The van der Waals surface area contributed by atoms with Gasteiger partial charge in [-0.15, -0.1) is 0 Å². The second kappa shape index (κ2) is 7.14. The molecule has 0 fully saturated rings. The lowest BCUT2D eigenvalue weighted by Gasteiger charge is -2.26. The van der Waals surface area contributed by atoms with E-state index in [0.29, 0.717) is 11.8 Å². The van der Waals surface area contributed by atoms with Crippen LogP contribution in [0.2, 0.25) is 0 Å². The van der Waals surface area contributed by atoms with Gasteiger partial charge in [-0.1, -0.05) is 48.0 Å². The van der Waals surface area contributed by atoms with E-state index in [9.17, 15) is 0 Å². The molecule has 0 radical (unpaired) electrons. The van der Waals surface area contributed by atoms with Crippen molar-refractivity contribution in [3.63, 3.8) is 0 Å². The number of rotatable bonds is 6. The molecule has 3 heteroatoms. The van der Waals surface area contributed by atoms with Crippen molar-refractivity contribution < 1.29 is 0 Å². The van der Waals surface area contributed by atoms with E-state index in [4.69, 9.17) is 5.73 Å². The Balaban J connectivity index is 2.55. The number of hydrogen-bond donors (Lipinski definition) is 1. The number of nitrogens with two attached hydrogens (primary N) is 1. The maximum atomic E-state index is 5.81. The summed E-state index contributed by atoms with van der Waals surface area (Å²) in [5.74, 6) is 1.21. The summed E-state index contributed by atoms with van der Waals surface area (Å²) in [4.78, 5) is 2.34. The molecule has 2 nitrogen and oxygen atoms in total. The summed E-state index contributed by atoms with van der Waals surface area (Å²) in [6.07, 6.45) is 0. The van der Waals surface area contributed by atoms with Crippen LogP contribution in [0.5, 0.6) is 0 Å². The van der Waals surface area contributed by atoms with Crippen LogP contribution in [0.4, 0.5) is 0 Å². The van der Waals surface area contributed by atoms with Crippen LogP contribution in [0, 0.1) is 11.8 Å². The van der Waals surface area contributed by atoms with Crippen LogP contribution < -0.4 is 5.73 Å². The van der Waals surface area contributed by atoms with Crippen LogP contribution in [-0.2, 0) is 6.54 Å². The molecule has 0 aliphatic carbocycles. The Morgan fingerprint density at radius 3 is 2.47 bits per heavy atom. The molecule has 0 aliphatic heterocycles. The first-order chi connectivity index (χ1) is 8.04. The average molecular weight is 299 g/mol. The Kier molecular flexibility index (Phi) is 6.17. The molecule has 2 N–H and O–H groups in total. The molecular weight excluding hydrogens is 276 g/mol. The molecule has 0 aromatic heterocycles. The molecule has 1 aromatic carbocycles. The highest BCUT2D eigenvalue weighted by Crippen LogP contribution is 2.18. The minimum Gasteiger partial charge on any atom is -0.330 e. The number of benzene rings is 1. The highest BCUT2D eigenvalue weighted by molar-refractivity contribution is 9.10. The van der Waals surface area contributed by atoms with Crippen molar-refractivity contribution in [3.8, 4) is 0 Å². The van der Waals surface area contributed by atoms with E-state index in [2.05, 4.69) is 59.9 Å². The minimum atomic E-state index is 0.572. The second-order valence-corrected chi connectivity index (χ2v) is 5.88. The zero-order valence-corrected chi connectivity index (χ0v) is 12.6. The highest BCUT2D eigenvalue weighted by atomic mass is 79.9. The molecule has 0 saturated heterocycles. The summed E-state index contributed by atoms with van der Waals surface area (Å²) in [6.45, 7) is 7.26. The Hall–Kier alpha value is -0.380. The molecule has 0 heterocycles. The Bertz CT molecular complexity index is 339. The first kappa shape index (κ1) is 14.7. The average Bonchev–Trinajstić information content (AvgIpc) is 2.28. The summed E-state index contributed by atoms with van der Waals surface area (Å²) < 4.78 is 1.18. The van der Waals surface area contributed by atoms with Crippen LogP contribution in [0.1, 0.15) is 19.4 Å². The first-order valence-corrected chi connectivity index (χ1v) is 6.96. The van der Waals surface area contributed by atoms with Crippen molar-refractivity contribution in [1.82, 2.24) is 4.90 Å². The van der Waals surface area contributed by atoms with E-state index in [0.717, 1.165) is 19.6 Å². The minimum absolute atomic E-state index is 0.572. The zero-order valence-electron chi connectivity index (χ0n) is 11.0. The SMILES string of the molecule is CC(C)C(CN)CN(C)Cc1ccccc1Br. The zero-order chi connectivity index (χ0) is 12.8. The number of halogens is 1. The normalized spacial score (nSPS) is 13.4. The summed E-state index contributed by atoms with van der Waals surface area (Å²) in [5, 5.41) is 0. The van der Waals surface area contributed by atoms with E-state index in [1.807, 2.05) is 6.07 Å². The molecule has 96 valence electrons. The van der Waals surface area contributed by atoms with Crippen molar-refractivity contribution >= 4 is 15.9 Å². The Labute approximate surface area is 113 Å². The molecule has 1 unspecified atom stereocenters. The summed E-state index contributed by atoms with van der Waals surface area (Å²) in [5.41, 5.74) is 7.14. The highest BCUT2D eigenvalue weighted by Gasteiger charge is 2.14. The molecule has 0 bridgehead atoms. The maximum absolute atomic E-state index is 5.81. The molecule has 0 spiro atoms. The summed E-state index contributed by atoms with van der Waals surface area (Å²) in [6, 6.07) is 8.38. The lowest BCUT2D eigenvalue weighted by Crippen LogP contribution is -2.33. The van der Waals surface area contributed by atoms with Gasteiger partial charge in [0.2, 0.25) is 0 Å². The van der Waals surface area contributed by atoms with E-state index >= 15 is 0 Å². The van der Waals surface area contributed by atoms with Gasteiger partial charge in [-0.05, 0) is 37.1 Å². The van der Waals surface area contributed by atoms with Gasteiger partial charge in [-0.25, -0.2) is 0 Å². The smallest absolute Gasteiger partial charge is 0.0242 e. The molecule has 0 aliphatic rings. The van der Waals surface area contributed by atoms with Crippen LogP contribution in [0.3, 0.4) is 0 Å². The first-order valence-electron chi connectivity index (χ1n) is 6.16. The van der Waals surface area contributed by atoms with Gasteiger partial charge in [0.15, 0.2) is 0 Å². The monoisotopic (exact) mass is 298 g/mol. The Morgan fingerprint density at radius 2 is 1.94 bits per heavy atom. The topological polar surface area (TPSA) is 29.3 Å². The van der Waals surface area contributed by atoms with Gasteiger partial charge in [0.25, 0.3) is 0 Å². The van der Waals surface area contributed by atoms with Gasteiger partial charge in [0.1, 0.15) is 0 Å². The molecular formula is C14H23BrN2. The van der Waals surface area contributed by atoms with Gasteiger partial charge >= 0.3 is 0 Å². The van der Waals surface area contributed by atoms with Gasteiger partial charge in [-0.3, -0.25) is 0 Å². The van der Waals surface area contributed by atoms with Crippen LogP contribution >= 0.6 is 15.9 Å². The van der Waals surface area contributed by atoms with Gasteiger partial charge < -0.3 is 10.6 Å². The van der Waals surface area contributed by atoms with Crippen molar-refractivity contribution in [3.05, 3.63) is 34.3 Å². The molecule has 17 heavy (non-hydrogen) atoms. The van der Waals surface area contributed by atoms with E-state index < -0.39 is 0 Å². The van der Waals surface area contributed by atoms with E-state index in [1.165, 1.54) is 10.0 Å². The van der Waals surface area contributed by atoms with Crippen LogP contribution in [-0.4, -0.2) is 25.0 Å². The lowest BCUT2D eigenvalue weighted by molar-refractivity contribution is 0.234.